The normalized spacial score (nSPS) is 13.2. The van der Waals surface area contributed by atoms with Crippen LogP contribution in [0.3, 0.4) is 0 Å². The van der Waals surface area contributed by atoms with Crippen LogP contribution in [0.1, 0.15) is 43.1 Å². The van der Waals surface area contributed by atoms with Gasteiger partial charge >= 0.3 is 0 Å². The Morgan fingerprint density at radius 3 is 2.50 bits per heavy atom. The van der Waals surface area contributed by atoms with Gasteiger partial charge in [0, 0.05) is 12.6 Å². The molecule has 2 heterocycles. The highest BCUT2D eigenvalue weighted by Gasteiger charge is 2.21. The van der Waals surface area contributed by atoms with E-state index in [4.69, 9.17) is 9.05 Å². The lowest BCUT2D eigenvalue weighted by molar-refractivity contribution is 0.284. The predicted molar refractivity (Wildman–Crippen MR) is 64.7 cm³/mol. The fourth-order valence-corrected chi connectivity index (χ4v) is 1.76. The van der Waals surface area contributed by atoms with Gasteiger partial charge in [-0.25, -0.2) is 0 Å². The largest absolute Gasteiger partial charge is 0.361 e. The summed E-state index contributed by atoms with van der Waals surface area (Å²) in [6, 6.07) is 1.92. The van der Waals surface area contributed by atoms with Crippen LogP contribution < -0.4 is 5.32 Å². The average Bonchev–Trinajstić information content (AvgIpc) is 2.88. The minimum absolute atomic E-state index is 0.0169. The molecule has 0 saturated heterocycles. The quantitative estimate of drug-likeness (QED) is 0.876. The molecule has 0 unspecified atom stereocenters. The summed E-state index contributed by atoms with van der Waals surface area (Å²) in [6.45, 7) is 8.50. The first-order valence-electron chi connectivity index (χ1n) is 6.02. The predicted octanol–water partition coefficient (Wildman–Crippen LogP) is 2.16. The van der Waals surface area contributed by atoms with Crippen LogP contribution >= 0.6 is 0 Å². The molecule has 18 heavy (non-hydrogen) atoms. The van der Waals surface area contributed by atoms with Crippen molar-refractivity contribution in [2.24, 2.45) is 5.92 Å². The molecular weight excluding hydrogens is 232 g/mol. The Kier molecular flexibility index (Phi) is 3.76. The highest BCUT2D eigenvalue weighted by molar-refractivity contribution is 5.04. The van der Waals surface area contributed by atoms with E-state index in [1.54, 1.807) is 0 Å². The van der Waals surface area contributed by atoms with Crippen molar-refractivity contribution in [2.75, 3.05) is 0 Å². The van der Waals surface area contributed by atoms with E-state index in [1.165, 1.54) is 0 Å². The van der Waals surface area contributed by atoms with Crippen molar-refractivity contribution >= 4 is 0 Å². The first kappa shape index (κ1) is 12.8. The molecule has 6 nitrogen and oxygen atoms in total. The molecule has 2 rings (SSSR count). The molecule has 0 amide bonds. The number of aromatic nitrogens is 3. The lowest BCUT2D eigenvalue weighted by Gasteiger charge is -2.17. The third-order valence-corrected chi connectivity index (χ3v) is 2.66. The second-order valence-electron chi connectivity index (χ2n) is 4.71. The molecule has 6 heteroatoms. The molecule has 2 aromatic heterocycles. The summed E-state index contributed by atoms with van der Waals surface area (Å²) in [5.74, 6) is 2.41. The Hall–Kier alpha value is -1.69. The Morgan fingerprint density at radius 2 is 2.00 bits per heavy atom. The molecule has 0 bridgehead atoms. The van der Waals surface area contributed by atoms with Crippen molar-refractivity contribution in [3.8, 4) is 0 Å². The van der Waals surface area contributed by atoms with Crippen LogP contribution in [0.2, 0.25) is 0 Å². The van der Waals surface area contributed by atoms with Gasteiger partial charge in [-0.05, 0) is 19.8 Å². The standard InChI is InChI=1S/C12H18N4O2/c1-7(2)11(12-14-9(4)15-18-12)13-6-10-5-8(3)17-16-10/h5,7,11,13H,6H2,1-4H3/t11-/m0/s1. The molecule has 0 aliphatic rings. The van der Waals surface area contributed by atoms with Crippen LogP contribution in [0.25, 0.3) is 0 Å². The summed E-state index contributed by atoms with van der Waals surface area (Å²) in [6.07, 6.45) is 0. The van der Waals surface area contributed by atoms with Crippen molar-refractivity contribution < 1.29 is 9.05 Å². The third-order valence-electron chi connectivity index (χ3n) is 2.66. The van der Waals surface area contributed by atoms with E-state index in [1.807, 2.05) is 19.9 Å². The van der Waals surface area contributed by atoms with Crippen LogP contribution in [0, 0.1) is 19.8 Å². The van der Waals surface area contributed by atoms with Gasteiger partial charge in [-0.15, -0.1) is 0 Å². The van der Waals surface area contributed by atoms with Gasteiger partial charge in [0.15, 0.2) is 5.82 Å². The summed E-state index contributed by atoms with van der Waals surface area (Å²) in [5, 5.41) is 11.1. The van der Waals surface area contributed by atoms with Crippen molar-refractivity contribution in [3.05, 3.63) is 29.2 Å². The van der Waals surface area contributed by atoms with Crippen LogP contribution in [-0.2, 0) is 6.54 Å². The smallest absolute Gasteiger partial charge is 0.244 e. The summed E-state index contributed by atoms with van der Waals surface area (Å²) in [7, 11) is 0. The maximum absolute atomic E-state index is 5.21. The van der Waals surface area contributed by atoms with Crippen molar-refractivity contribution in [3.63, 3.8) is 0 Å². The zero-order valence-electron chi connectivity index (χ0n) is 11.1. The van der Waals surface area contributed by atoms with Crippen molar-refractivity contribution in [1.82, 2.24) is 20.6 Å². The molecule has 1 atom stereocenters. The molecule has 0 saturated carbocycles. The molecule has 2 aromatic rings. The van der Waals surface area contributed by atoms with E-state index in [9.17, 15) is 0 Å². The number of hydrogen-bond donors (Lipinski definition) is 1. The molecule has 0 spiro atoms. The maximum atomic E-state index is 5.21. The Morgan fingerprint density at radius 1 is 1.22 bits per heavy atom. The summed E-state index contributed by atoms with van der Waals surface area (Å²) in [5.41, 5.74) is 0.870. The minimum Gasteiger partial charge on any atom is -0.361 e. The van der Waals surface area contributed by atoms with E-state index in [-0.39, 0.29) is 6.04 Å². The lowest BCUT2D eigenvalue weighted by atomic mass is 10.0. The van der Waals surface area contributed by atoms with Gasteiger partial charge in [0.1, 0.15) is 5.76 Å². The number of hydrogen-bond acceptors (Lipinski definition) is 6. The maximum Gasteiger partial charge on any atom is 0.244 e. The van der Waals surface area contributed by atoms with Gasteiger partial charge in [-0.2, -0.15) is 4.98 Å². The fourth-order valence-electron chi connectivity index (χ4n) is 1.76. The van der Waals surface area contributed by atoms with E-state index in [0.717, 1.165) is 11.5 Å². The number of rotatable bonds is 5. The van der Waals surface area contributed by atoms with E-state index in [0.29, 0.717) is 24.2 Å². The molecule has 0 fully saturated rings. The van der Waals surface area contributed by atoms with Crippen LogP contribution in [0.15, 0.2) is 15.1 Å². The molecule has 0 aromatic carbocycles. The molecule has 0 aliphatic carbocycles. The Balaban J connectivity index is 2.03. The van der Waals surface area contributed by atoms with Gasteiger partial charge in [-0.1, -0.05) is 24.2 Å². The average molecular weight is 250 g/mol. The van der Waals surface area contributed by atoms with E-state index >= 15 is 0 Å². The molecule has 0 radical (unpaired) electrons. The van der Waals surface area contributed by atoms with E-state index in [2.05, 4.69) is 34.5 Å². The van der Waals surface area contributed by atoms with Crippen LogP contribution in [0.4, 0.5) is 0 Å². The monoisotopic (exact) mass is 250 g/mol. The summed E-state index contributed by atoms with van der Waals surface area (Å²) in [4.78, 5) is 4.27. The molecule has 1 N–H and O–H groups in total. The number of nitrogens with one attached hydrogen (secondary N) is 1. The Bertz CT molecular complexity index is 504. The highest BCUT2D eigenvalue weighted by atomic mass is 16.5. The first-order valence-corrected chi connectivity index (χ1v) is 6.02. The second-order valence-corrected chi connectivity index (χ2v) is 4.71. The summed E-state index contributed by atoms with van der Waals surface area (Å²) < 4.78 is 10.2. The van der Waals surface area contributed by atoms with Gasteiger partial charge < -0.3 is 9.05 Å². The topological polar surface area (TPSA) is 77.0 Å². The highest BCUT2D eigenvalue weighted by Crippen LogP contribution is 2.20. The van der Waals surface area contributed by atoms with Gasteiger partial charge in [-0.3, -0.25) is 5.32 Å². The third kappa shape index (κ3) is 2.95. The van der Waals surface area contributed by atoms with E-state index < -0.39 is 0 Å². The van der Waals surface area contributed by atoms with Crippen molar-refractivity contribution in [2.45, 2.75) is 40.3 Å². The number of nitrogens with zero attached hydrogens (tertiary/aromatic N) is 3. The SMILES string of the molecule is Cc1noc([C@@H](NCc2cc(C)on2)C(C)C)n1. The molecule has 0 aliphatic heterocycles. The minimum atomic E-state index is 0.0169. The Labute approximate surface area is 106 Å². The fraction of sp³-hybridized carbons (Fsp3) is 0.583. The van der Waals surface area contributed by atoms with Gasteiger partial charge in [0.05, 0.1) is 11.7 Å². The second kappa shape index (κ2) is 5.30. The molecule has 98 valence electrons. The van der Waals surface area contributed by atoms with Gasteiger partial charge in [0.25, 0.3) is 0 Å². The van der Waals surface area contributed by atoms with Crippen LogP contribution in [0.5, 0.6) is 0 Å². The molecular formula is C12H18N4O2. The summed E-state index contributed by atoms with van der Waals surface area (Å²) >= 11 is 0. The zero-order valence-corrected chi connectivity index (χ0v) is 11.1. The number of aryl methyl sites for hydroxylation is 2. The first-order chi connectivity index (χ1) is 8.56. The zero-order chi connectivity index (χ0) is 13.1. The van der Waals surface area contributed by atoms with Gasteiger partial charge in [0.2, 0.25) is 5.89 Å². The van der Waals surface area contributed by atoms with Crippen molar-refractivity contribution in [1.29, 1.82) is 0 Å². The van der Waals surface area contributed by atoms with Crippen LogP contribution in [-0.4, -0.2) is 15.3 Å². The lowest BCUT2D eigenvalue weighted by Crippen LogP contribution is -2.25.